The minimum Gasteiger partial charge on any atom is -0.444 e. The Hall–Kier alpha value is -0.730. The van der Waals surface area contributed by atoms with E-state index in [1.54, 1.807) is 0 Å². The van der Waals surface area contributed by atoms with Crippen LogP contribution in [0, 0.1) is 0 Å². The van der Waals surface area contributed by atoms with Crippen LogP contribution in [0.25, 0.3) is 0 Å². The molecule has 144 valence electrons. The molecule has 6 nitrogen and oxygen atoms in total. The van der Waals surface area contributed by atoms with E-state index in [-0.39, 0.29) is 24.0 Å². The number of nitrogens with one attached hydrogen (secondary N) is 3. The van der Waals surface area contributed by atoms with Crippen molar-refractivity contribution in [1.29, 1.82) is 0 Å². The minimum absolute atomic E-state index is 0. The molecule has 0 aliphatic rings. The van der Waals surface area contributed by atoms with Gasteiger partial charge >= 0.3 is 6.09 Å². The number of rotatable bonds is 7. The van der Waals surface area contributed by atoms with Crippen molar-refractivity contribution in [3.63, 3.8) is 0 Å². The second-order valence-electron chi connectivity index (χ2n) is 7.11. The fourth-order valence-corrected chi connectivity index (χ4v) is 2.03. The van der Waals surface area contributed by atoms with E-state index in [0.717, 1.165) is 25.3 Å². The van der Waals surface area contributed by atoms with E-state index in [4.69, 9.17) is 4.74 Å². The predicted molar refractivity (Wildman–Crippen MR) is 112 cm³/mol. The lowest BCUT2D eigenvalue weighted by Gasteiger charge is -2.33. The molecule has 0 rings (SSSR count). The number of alkyl carbamates (subject to hydrolysis) is 1. The normalized spacial score (nSPS) is 12.5. The van der Waals surface area contributed by atoms with E-state index in [2.05, 4.69) is 48.6 Å². The number of guanidine groups is 1. The first-order valence-electron chi connectivity index (χ1n) is 8.63. The molecule has 0 radical (unpaired) electrons. The van der Waals surface area contributed by atoms with Crippen molar-refractivity contribution >= 4 is 36.0 Å². The number of carbonyl (C=O) groups is 1. The number of ether oxygens (including phenoxy) is 1. The largest absolute Gasteiger partial charge is 0.444 e. The van der Waals surface area contributed by atoms with Gasteiger partial charge in [-0.25, -0.2) is 4.79 Å². The summed E-state index contributed by atoms with van der Waals surface area (Å²) in [6.07, 6.45) is 1.18. The molecule has 1 amide bonds. The van der Waals surface area contributed by atoms with Gasteiger partial charge in [-0.1, -0.05) is 13.8 Å². The van der Waals surface area contributed by atoms with Crippen LogP contribution in [0.15, 0.2) is 4.99 Å². The van der Waals surface area contributed by atoms with Crippen molar-refractivity contribution < 1.29 is 9.53 Å². The first-order chi connectivity index (χ1) is 10.6. The van der Waals surface area contributed by atoms with Crippen molar-refractivity contribution in [3.8, 4) is 0 Å². The summed E-state index contributed by atoms with van der Waals surface area (Å²) in [5.41, 5.74) is -0.906. The second-order valence-corrected chi connectivity index (χ2v) is 7.11. The summed E-state index contributed by atoms with van der Waals surface area (Å²) in [5, 5.41) is 9.52. The molecule has 24 heavy (non-hydrogen) atoms. The molecule has 0 saturated carbocycles. The molecule has 0 aromatic heterocycles. The third kappa shape index (κ3) is 10.9. The predicted octanol–water partition coefficient (Wildman–Crippen LogP) is 3.65. The van der Waals surface area contributed by atoms with Crippen molar-refractivity contribution in [1.82, 2.24) is 16.0 Å². The average Bonchev–Trinajstić information content (AvgIpc) is 2.41. The third-order valence-electron chi connectivity index (χ3n) is 3.43. The molecule has 0 aliphatic heterocycles. The highest BCUT2D eigenvalue weighted by atomic mass is 127. The molecule has 0 aromatic rings. The Bertz CT molecular complexity index is 389. The Morgan fingerprint density at radius 2 is 1.67 bits per heavy atom. The highest BCUT2D eigenvalue weighted by Gasteiger charge is 2.30. The second kappa shape index (κ2) is 11.8. The summed E-state index contributed by atoms with van der Waals surface area (Å²) in [5.74, 6) is 0.764. The van der Waals surface area contributed by atoms with Crippen LogP contribution >= 0.6 is 24.0 Å². The topological polar surface area (TPSA) is 74.8 Å². The molecule has 0 atom stereocenters. The van der Waals surface area contributed by atoms with Crippen molar-refractivity contribution in [2.24, 2.45) is 4.99 Å². The average molecular weight is 456 g/mol. The molecular weight excluding hydrogens is 419 g/mol. The number of carbonyl (C=O) groups excluding carboxylic acids is 1. The number of aliphatic imine (C=N–C) groups is 1. The highest BCUT2D eigenvalue weighted by Crippen LogP contribution is 2.17. The molecule has 0 spiro atoms. The number of hydrogen-bond acceptors (Lipinski definition) is 3. The Kier molecular flexibility index (Phi) is 12.5. The monoisotopic (exact) mass is 456 g/mol. The number of nitrogens with zero attached hydrogens (tertiary/aromatic N) is 1. The van der Waals surface area contributed by atoms with Crippen LogP contribution in [-0.2, 0) is 4.74 Å². The maximum atomic E-state index is 12.1. The molecule has 3 N–H and O–H groups in total. The Balaban J connectivity index is 0. The third-order valence-corrected chi connectivity index (χ3v) is 3.43. The molecule has 0 heterocycles. The molecule has 0 aliphatic carbocycles. The molecule has 0 aromatic carbocycles. The van der Waals surface area contributed by atoms with Gasteiger partial charge in [0, 0.05) is 12.6 Å². The summed E-state index contributed by atoms with van der Waals surface area (Å²) in [6.45, 7) is 17.2. The van der Waals surface area contributed by atoms with Crippen molar-refractivity contribution in [2.45, 2.75) is 85.4 Å². The van der Waals surface area contributed by atoms with Gasteiger partial charge in [-0.05, 0) is 54.4 Å². The van der Waals surface area contributed by atoms with Gasteiger partial charge in [-0.2, -0.15) is 0 Å². The van der Waals surface area contributed by atoms with Gasteiger partial charge in [0.1, 0.15) is 5.60 Å². The Labute approximate surface area is 165 Å². The van der Waals surface area contributed by atoms with Crippen LogP contribution in [0.3, 0.4) is 0 Å². The molecule has 7 heteroatoms. The summed E-state index contributed by atoms with van der Waals surface area (Å²) < 4.78 is 5.39. The van der Waals surface area contributed by atoms with E-state index in [1.165, 1.54) is 0 Å². The SMILES string of the molecule is CCNC(=NCC(CC)(CC)NC(=O)OC(C)(C)C)NC(C)C.I. The number of amides is 1. The van der Waals surface area contributed by atoms with E-state index < -0.39 is 17.2 Å². The lowest BCUT2D eigenvalue weighted by Crippen LogP contribution is -2.52. The minimum atomic E-state index is -0.505. The van der Waals surface area contributed by atoms with Crippen LogP contribution < -0.4 is 16.0 Å². The first kappa shape index (κ1) is 25.5. The maximum absolute atomic E-state index is 12.1. The fourth-order valence-electron chi connectivity index (χ4n) is 2.03. The standard InChI is InChI=1S/C17H36N4O2.HI/c1-9-17(10-2,21-15(22)23-16(6,7)8)12-19-14(18-11-3)20-13(4)5;/h13H,9-12H2,1-8H3,(H,21,22)(H2,18,19,20);1H. The lowest BCUT2D eigenvalue weighted by molar-refractivity contribution is 0.0452. The van der Waals surface area contributed by atoms with Crippen LogP contribution in [0.5, 0.6) is 0 Å². The smallest absolute Gasteiger partial charge is 0.408 e. The van der Waals surface area contributed by atoms with Crippen LogP contribution in [-0.4, -0.2) is 42.3 Å². The molecular formula is C17H37IN4O2. The quantitative estimate of drug-likeness (QED) is 0.311. The van der Waals surface area contributed by atoms with Crippen molar-refractivity contribution in [3.05, 3.63) is 0 Å². The number of hydrogen-bond donors (Lipinski definition) is 3. The van der Waals surface area contributed by atoms with E-state index in [1.807, 2.05) is 27.7 Å². The van der Waals surface area contributed by atoms with E-state index in [0.29, 0.717) is 12.6 Å². The van der Waals surface area contributed by atoms with Gasteiger partial charge in [0.05, 0.1) is 12.1 Å². The fraction of sp³-hybridized carbons (Fsp3) is 0.882. The van der Waals surface area contributed by atoms with Crippen molar-refractivity contribution in [2.75, 3.05) is 13.1 Å². The molecule has 0 saturated heterocycles. The van der Waals surface area contributed by atoms with Gasteiger partial charge in [0.25, 0.3) is 0 Å². The van der Waals surface area contributed by atoms with Gasteiger partial charge in [-0.15, -0.1) is 24.0 Å². The van der Waals surface area contributed by atoms with Crippen LogP contribution in [0.1, 0.15) is 68.2 Å². The first-order valence-corrected chi connectivity index (χ1v) is 8.63. The summed E-state index contributed by atoms with van der Waals surface area (Å²) in [7, 11) is 0. The maximum Gasteiger partial charge on any atom is 0.408 e. The molecule has 0 unspecified atom stereocenters. The van der Waals surface area contributed by atoms with Gasteiger partial charge in [0.15, 0.2) is 5.96 Å². The Morgan fingerprint density at radius 1 is 1.12 bits per heavy atom. The van der Waals surface area contributed by atoms with E-state index >= 15 is 0 Å². The molecule has 0 fully saturated rings. The van der Waals surface area contributed by atoms with Crippen LogP contribution in [0.4, 0.5) is 4.79 Å². The highest BCUT2D eigenvalue weighted by molar-refractivity contribution is 14.0. The van der Waals surface area contributed by atoms with Gasteiger partial charge in [0.2, 0.25) is 0 Å². The zero-order chi connectivity index (χ0) is 18.1. The number of halogens is 1. The zero-order valence-corrected chi connectivity index (χ0v) is 18.9. The zero-order valence-electron chi connectivity index (χ0n) is 16.6. The molecule has 0 bridgehead atoms. The summed E-state index contributed by atoms with van der Waals surface area (Å²) in [4.78, 5) is 16.8. The summed E-state index contributed by atoms with van der Waals surface area (Å²) >= 11 is 0. The Morgan fingerprint density at radius 3 is 2.04 bits per heavy atom. The van der Waals surface area contributed by atoms with E-state index in [9.17, 15) is 4.79 Å². The summed E-state index contributed by atoms with van der Waals surface area (Å²) in [6, 6.07) is 0.296. The lowest BCUT2D eigenvalue weighted by atomic mass is 9.93. The van der Waals surface area contributed by atoms with Gasteiger partial charge < -0.3 is 20.7 Å². The van der Waals surface area contributed by atoms with Gasteiger partial charge in [-0.3, -0.25) is 4.99 Å². The van der Waals surface area contributed by atoms with Crippen LogP contribution in [0.2, 0.25) is 0 Å².